The van der Waals surface area contributed by atoms with Gasteiger partial charge >= 0.3 is 0 Å². The highest BCUT2D eigenvalue weighted by Crippen LogP contribution is 2.42. The van der Waals surface area contributed by atoms with Crippen molar-refractivity contribution in [2.24, 2.45) is 0 Å². The van der Waals surface area contributed by atoms with Crippen molar-refractivity contribution in [3.8, 4) is 11.3 Å². The third kappa shape index (κ3) is 3.94. The molecule has 0 amide bonds. The highest BCUT2D eigenvalue weighted by Gasteiger charge is 2.30. The van der Waals surface area contributed by atoms with Crippen LogP contribution in [0.15, 0.2) is 18.7 Å². The van der Waals surface area contributed by atoms with Crippen molar-refractivity contribution in [1.29, 1.82) is 0 Å². The molecule has 7 heteroatoms. The van der Waals surface area contributed by atoms with Crippen molar-refractivity contribution < 1.29 is 4.39 Å². The molecule has 1 aliphatic rings. The summed E-state index contributed by atoms with van der Waals surface area (Å²) in [5.74, 6) is 0.167. The summed E-state index contributed by atoms with van der Waals surface area (Å²) in [6.45, 7) is 12.9. The molecule has 1 aliphatic carbocycles. The number of aromatic nitrogens is 5. The first-order valence-corrected chi connectivity index (χ1v) is 12.9. The van der Waals surface area contributed by atoms with Gasteiger partial charge in [0.25, 0.3) is 0 Å². The zero-order valence-electron chi connectivity index (χ0n) is 22.0. The van der Waals surface area contributed by atoms with Gasteiger partial charge in [-0.25, -0.2) is 13.9 Å². The van der Waals surface area contributed by atoms with Crippen molar-refractivity contribution >= 4 is 16.6 Å². The third-order valence-electron chi connectivity index (χ3n) is 8.29. The van der Waals surface area contributed by atoms with Gasteiger partial charge in [-0.05, 0) is 83.0 Å². The molecule has 0 spiro atoms. The first kappa shape index (κ1) is 23.9. The Morgan fingerprint density at radius 2 is 1.77 bits per heavy atom. The van der Waals surface area contributed by atoms with Crippen LogP contribution >= 0.6 is 0 Å². The second-order valence-electron chi connectivity index (χ2n) is 10.9. The maximum atomic E-state index is 16.3. The molecule has 5 rings (SSSR count). The number of fused-ring (bicyclic) bond motifs is 2. The van der Waals surface area contributed by atoms with Crippen LogP contribution < -0.4 is 0 Å². The van der Waals surface area contributed by atoms with Crippen LogP contribution in [0, 0.1) is 19.7 Å². The van der Waals surface area contributed by atoms with Crippen molar-refractivity contribution in [1.82, 2.24) is 29.5 Å². The number of hydrogen-bond acceptors (Lipinski definition) is 4. The molecule has 4 aromatic heterocycles. The molecule has 0 radical (unpaired) electrons. The van der Waals surface area contributed by atoms with Crippen LogP contribution in [-0.4, -0.2) is 48.6 Å². The second kappa shape index (κ2) is 9.01. The average molecular weight is 477 g/mol. The summed E-state index contributed by atoms with van der Waals surface area (Å²) in [4.78, 5) is 15.0. The fourth-order valence-electron chi connectivity index (χ4n) is 5.89. The van der Waals surface area contributed by atoms with E-state index in [1.807, 2.05) is 12.4 Å². The van der Waals surface area contributed by atoms with Crippen LogP contribution in [-0.2, 0) is 0 Å². The highest BCUT2D eigenvalue weighted by molar-refractivity contribution is 5.92. The van der Waals surface area contributed by atoms with E-state index in [9.17, 15) is 0 Å². The van der Waals surface area contributed by atoms with E-state index in [0.29, 0.717) is 23.2 Å². The zero-order valence-corrected chi connectivity index (χ0v) is 22.0. The number of halogens is 1. The summed E-state index contributed by atoms with van der Waals surface area (Å²) in [6.07, 6.45) is 9.54. The number of aromatic amines is 1. The molecular weight excluding hydrogens is 439 g/mol. The van der Waals surface area contributed by atoms with Gasteiger partial charge in [-0.15, -0.1) is 0 Å². The van der Waals surface area contributed by atoms with E-state index in [1.165, 1.54) is 0 Å². The molecule has 0 aliphatic heterocycles. The van der Waals surface area contributed by atoms with E-state index in [1.54, 1.807) is 10.8 Å². The minimum absolute atomic E-state index is 0.144. The van der Waals surface area contributed by atoms with E-state index in [2.05, 4.69) is 73.5 Å². The Morgan fingerprint density at radius 3 is 2.43 bits per heavy atom. The summed E-state index contributed by atoms with van der Waals surface area (Å²) in [5, 5.41) is 5.05. The quantitative estimate of drug-likeness (QED) is 0.356. The van der Waals surface area contributed by atoms with Gasteiger partial charge in [0.1, 0.15) is 6.33 Å². The maximum Gasteiger partial charge on any atom is 0.158 e. The molecule has 6 nitrogen and oxygen atoms in total. The SMILES string of the molecule is Cc1c(-c2[nH]c3cnc(C4CCC(N(C)C(C)C)CC4)c(F)c3c2C(C)C)cn2ncnc2c1C. The Bertz CT molecular complexity index is 1370. The molecule has 1 fully saturated rings. The van der Waals surface area contributed by atoms with Gasteiger partial charge in [-0.3, -0.25) is 4.98 Å². The first-order valence-electron chi connectivity index (χ1n) is 12.9. The molecule has 0 bridgehead atoms. The van der Waals surface area contributed by atoms with E-state index in [-0.39, 0.29) is 17.7 Å². The predicted octanol–water partition coefficient (Wildman–Crippen LogP) is 6.52. The third-order valence-corrected chi connectivity index (χ3v) is 8.29. The van der Waals surface area contributed by atoms with Crippen LogP contribution in [0.1, 0.15) is 87.6 Å². The van der Waals surface area contributed by atoms with Crippen molar-refractivity contribution in [2.75, 3.05) is 7.05 Å². The predicted molar refractivity (Wildman–Crippen MR) is 139 cm³/mol. The van der Waals surface area contributed by atoms with E-state index < -0.39 is 0 Å². The van der Waals surface area contributed by atoms with E-state index in [4.69, 9.17) is 0 Å². The number of hydrogen-bond donors (Lipinski definition) is 1. The lowest BCUT2D eigenvalue weighted by Crippen LogP contribution is -2.39. The summed E-state index contributed by atoms with van der Waals surface area (Å²) in [7, 11) is 2.21. The van der Waals surface area contributed by atoms with Crippen LogP contribution in [0.25, 0.3) is 27.8 Å². The van der Waals surface area contributed by atoms with E-state index in [0.717, 1.165) is 64.8 Å². The lowest BCUT2D eigenvalue weighted by atomic mass is 9.82. The molecular formula is C28H37FN6. The second-order valence-corrected chi connectivity index (χ2v) is 10.9. The summed E-state index contributed by atoms with van der Waals surface area (Å²) in [5.41, 5.74) is 7.44. The largest absolute Gasteiger partial charge is 0.353 e. The van der Waals surface area contributed by atoms with Crippen molar-refractivity contribution in [3.05, 3.63) is 46.9 Å². The number of nitrogens with zero attached hydrogens (tertiary/aromatic N) is 5. The van der Waals surface area contributed by atoms with Gasteiger partial charge in [0.2, 0.25) is 0 Å². The number of rotatable bonds is 5. The number of aryl methyl sites for hydroxylation is 1. The Morgan fingerprint density at radius 1 is 1.06 bits per heavy atom. The topological polar surface area (TPSA) is 62.1 Å². The maximum absolute atomic E-state index is 16.3. The summed E-state index contributed by atoms with van der Waals surface area (Å²) >= 11 is 0. The van der Waals surface area contributed by atoms with Crippen LogP contribution in [0.4, 0.5) is 4.39 Å². The molecule has 35 heavy (non-hydrogen) atoms. The van der Waals surface area contributed by atoms with Gasteiger partial charge in [-0.2, -0.15) is 5.10 Å². The first-order chi connectivity index (χ1) is 16.7. The monoisotopic (exact) mass is 476 g/mol. The highest BCUT2D eigenvalue weighted by atomic mass is 19.1. The molecule has 0 unspecified atom stereocenters. The average Bonchev–Trinajstić information content (AvgIpc) is 3.46. The molecule has 4 heterocycles. The number of pyridine rings is 2. The fourth-order valence-corrected chi connectivity index (χ4v) is 5.89. The van der Waals surface area contributed by atoms with Gasteiger partial charge in [0, 0.05) is 35.1 Å². The molecule has 186 valence electrons. The lowest BCUT2D eigenvalue weighted by molar-refractivity contribution is 0.147. The number of nitrogens with one attached hydrogen (secondary N) is 1. The summed E-state index contributed by atoms with van der Waals surface area (Å²) in [6, 6.07) is 1.10. The van der Waals surface area contributed by atoms with Gasteiger partial charge in [0.05, 0.1) is 23.1 Å². The minimum Gasteiger partial charge on any atom is -0.353 e. The van der Waals surface area contributed by atoms with Gasteiger partial charge < -0.3 is 9.88 Å². The van der Waals surface area contributed by atoms with Crippen molar-refractivity contribution in [3.63, 3.8) is 0 Å². The molecule has 1 saturated carbocycles. The molecule has 0 aromatic carbocycles. The van der Waals surface area contributed by atoms with Crippen LogP contribution in [0.5, 0.6) is 0 Å². The smallest absolute Gasteiger partial charge is 0.158 e. The van der Waals surface area contributed by atoms with Crippen molar-refractivity contribution in [2.45, 2.75) is 91.1 Å². The summed E-state index contributed by atoms with van der Waals surface area (Å²) < 4.78 is 18.1. The Hall–Kier alpha value is -2.80. The van der Waals surface area contributed by atoms with Gasteiger partial charge in [-0.1, -0.05) is 13.8 Å². The molecule has 4 aromatic rings. The zero-order chi connectivity index (χ0) is 25.0. The molecule has 0 atom stereocenters. The molecule has 1 N–H and O–H groups in total. The minimum atomic E-state index is -0.148. The van der Waals surface area contributed by atoms with Crippen LogP contribution in [0.3, 0.4) is 0 Å². The fraction of sp³-hybridized carbons (Fsp3) is 0.536. The Labute approximate surface area is 207 Å². The normalized spacial score (nSPS) is 19.2. The van der Waals surface area contributed by atoms with E-state index >= 15 is 4.39 Å². The lowest BCUT2D eigenvalue weighted by Gasteiger charge is -2.36. The Kier molecular flexibility index (Phi) is 6.16. The van der Waals surface area contributed by atoms with Gasteiger partial charge in [0.15, 0.2) is 11.5 Å². The Balaban J connectivity index is 1.58. The van der Waals surface area contributed by atoms with Crippen LogP contribution in [0.2, 0.25) is 0 Å². The number of H-pyrrole nitrogens is 1. The molecule has 0 saturated heterocycles. The standard InChI is InChI=1S/C28H37FN6/c1-15(2)23-24-22(33-27(23)21-13-35-28(31-14-32-35)18(6)17(21)5)12-30-26(25(24)29)19-8-10-20(11-9-19)34(7)16(3)4/h12-16,19-20,33H,8-11H2,1-7H3.